The number of carboxylic acid groups (broad SMARTS) is 1. The number of nitrogens with one attached hydrogen (secondary N) is 1. The molecule has 1 aromatic carbocycles. The van der Waals surface area contributed by atoms with Crippen LogP contribution in [0.25, 0.3) is 0 Å². The minimum Gasteiger partial charge on any atom is -0.481 e. The third kappa shape index (κ3) is 4.14. The van der Waals surface area contributed by atoms with Crippen molar-refractivity contribution in [2.24, 2.45) is 0 Å². The standard InChI is InChI=1S/C17H19FN2O5/c1-10-14(16(23)25-2)15(11-5-3-6-12(18)9-11)19-17(24)20(10)8-4-7-13(21)22/h3,5-6,9,15H,4,7-8H2,1-2H3,(H,19,24)(H,21,22)/t15-/m0/s1. The maximum absolute atomic E-state index is 13.5. The zero-order valence-corrected chi connectivity index (χ0v) is 13.9. The number of carbonyl (C=O) groups is 3. The van der Waals surface area contributed by atoms with Gasteiger partial charge in [-0.15, -0.1) is 0 Å². The average molecular weight is 350 g/mol. The van der Waals surface area contributed by atoms with Crippen LogP contribution in [0.2, 0.25) is 0 Å². The smallest absolute Gasteiger partial charge is 0.337 e. The van der Waals surface area contributed by atoms with Crippen molar-refractivity contribution >= 4 is 18.0 Å². The number of carboxylic acids is 1. The highest BCUT2D eigenvalue weighted by Gasteiger charge is 2.36. The van der Waals surface area contributed by atoms with Crippen molar-refractivity contribution in [2.45, 2.75) is 25.8 Å². The zero-order chi connectivity index (χ0) is 18.6. The molecule has 1 aromatic rings. The molecule has 1 atom stereocenters. The number of hydrogen-bond donors (Lipinski definition) is 2. The fourth-order valence-corrected chi connectivity index (χ4v) is 2.75. The Balaban J connectivity index is 2.39. The Bertz CT molecular complexity index is 732. The summed E-state index contributed by atoms with van der Waals surface area (Å²) >= 11 is 0. The molecule has 0 saturated heterocycles. The number of methoxy groups -OCH3 is 1. The number of allylic oxidation sites excluding steroid dienone is 1. The van der Waals surface area contributed by atoms with E-state index in [9.17, 15) is 18.8 Å². The van der Waals surface area contributed by atoms with E-state index in [2.05, 4.69) is 5.32 Å². The molecular formula is C17H19FN2O5. The molecule has 0 fully saturated rings. The molecule has 8 heteroatoms. The van der Waals surface area contributed by atoms with E-state index < -0.39 is 29.8 Å². The normalized spacial score (nSPS) is 17.3. The summed E-state index contributed by atoms with van der Waals surface area (Å²) in [5.41, 5.74) is 0.955. The minimum atomic E-state index is -0.968. The topological polar surface area (TPSA) is 95.9 Å². The van der Waals surface area contributed by atoms with Crippen molar-refractivity contribution in [3.05, 3.63) is 46.9 Å². The van der Waals surface area contributed by atoms with E-state index in [1.807, 2.05) is 0 Å². The van der Waals surface area contributed by atoms with Gasteiger partial charge in [-0.1, -0.05) is 12.1 Å². The Labute approximate surface area is 144 Å². The Morgan fingerprint density at radius 3 is 2.72 bits per heavy atom. The van der Waals surface area contributed by atoms with Crippen LogP contribution in [0.1, 0.15) is 31.4 Å². The number of carbonyl (C=O) groups excluding carboxylic acids is 2. The zero-order valence-electron chi connectivity index (χ0n) is 13.9. The number of aliphatic carboxylic acids is 1. The lowest BCUT2D eigenvalue weighted by atomic mass is 9.94. The molecule has 1 aliphatic rings. The van der Waals surface area contributed by atoms with Gasteiger partial charge >= 0.3 is 18.0 Å². The number of rotatable bonds is 6. The first kappa shape index (κ1) is 18.4. The molecule has 7 nitrogen and oxygen atoms in total. The van der Waals surface area contributed by atoms with Gasteiger partial charge in [0.2, 0.25) is 0 Å². The molecule has 0 aliphatic carbocycles. The molecule has 0 aromatic heterocycles. The van der Waals surface area contributed by atoms with Crippen molar-refractivity contribution < 1.29 is 28.6 Å². The highest BCUT2D eigenvalue weighted by molar-refractivity contribution is 5.95. The molecule has 0 saturated carbocycles. The van der Waals surface area contributed by atoms with Crippen LogP contribution in [0.4, 0.5) is 9.18 Å². The monoisotopic (exact) mass is 350 g/mol. The molecule has 2 amide bonds. The fraction of sp³-hybridized carbons (Fsp3) is 0.353. The summed E-state index contributed by atoms with van der Waals surface area (Å²) in [4.78, 5) is 36.6. The molecule has 0 unspecified atom stereocenters. The van der Waals surface area contributed by atoms with Crippen molar-refractivity contribution in [3.63, 3.8) is 0 Å². The largest absolute Gasteiger partial charge is 0.481 e. The molecular weight excluding hydrogens is 331 g/mol. The Kier molecular flexibility index (Phi) is 5.74. The van der Waals surface area contributed by atoms with E-state index in [-0.39, 0.29) is 25.0 Å². The third-order valence-electron chi connectivity index (χ3n) is 3.96. The second-order valence-corrected chi connectivity index (χ2v) is 5.58. The maximum atomic E-state index is 13.5. The first-order valence-corrected chi connectivity index (χ1v) is 7.69. The predicted molar refractivity (Wildman–Crippen MR) is 86.0 cm³/mol. The fourth-order valence-electron chi connectivity index (χ4n) is 2.75. The van der Waals surface area contributed by atoms with Gasteiger partial charge < -0.3 is 15.2 Å². The lowest BCUT2D eigenvalue weighted by Gasteiger charge is -2.35. The maximum Gasteiger partial charge on any atom is 0.337 e. The van der Waals surface area contributed by atoms with E-state index in [1.165, 1.54) is 30.2 Å². The van der Waals surface area contributed by atoms with Crippen molar-refractivity contribution in [3.8, 4) is 0 Å². The molecule has 1 heterocycles. The van der Waals surface area contributed by atoms with E-state index >= 15 is 0 Å². The molecule has 1 aliphatic heterocycles. The summed E-state index contributed by atoms with van der Waals surface area (Å²) < 4.78 is 18.3. The van der Waals surface area contributed by atoms with Crippen LogP contribution in [-0.2, 0) is 14.3 Å². The molecule has 0 bridgehead atoms. The van der Waals surface area contributed by atoms with Crippen LogP contribution < -0.4 is 5.32 Å². The second kappa shape index (κ2) is 7.78. The molecule has 0 spiro atoms. The van der Waals surface area contributed by atoms with Gasteiger partial charge in [0.15, 0.2) is 0 Å². The number of hydrogen-bond acceptors (Lipinski definition) is 4. The van der Waals surface area contributed by atoms with E-state index in [0.717, 1.165) is 0 Å². The van der Waals surface area contributed by atoms with Crippen LogP contribution in [0.5, 0.6) is 0 Å². The molecule has 25 heavy (non-hydrogen) atoms. The van der Waals surface area contributed by atoms with Gasteiger partial charge in [-0.2, -0.15) is 0 Å². The van der Waals surface area contributed by atoms with Crippen LogP contribution in [0.3, 0.4) is 0 Å². The van der Waals surface area contributed by atoms with Crippen LogP contribution in [-0.4, -0.2) is 41.6 Å². The summed E-state index contributed by atoms with van der Waals surface area (Å²) in [5, 5.41) is 11.4. The minimum absolute atomic E-state index is 0.0993. The third-order valence-corrected chi connectivity index (χ3v) is 3.96. The summed E-state index contributed by atoms with van der Waals surface area (Å²) in [6, 6.07) is 4.27. The van der Waals surface area contributed by atoms with E-state index in [4.69, 9.17) is 9.84 Å². The number of halogens is 1. The van der Waals surface area contributed by atoms with Crippen molar-refractivity contribution in [1.29, 1.82) is 0 Å². The highest BCUT2D eigenvalue weighted by Crippen LogP contribution is 2.31. The van der Waals surface area contributed by atoms with Crippen LogP contribution >= 0.6 is 0 Å². The SMILES string of the molecule is COC(=O)C1=C(C)N(CCCC(=O)O)C(=O)N[C@H]1c1cccc(F)c1. The Hall–Kier alpha value is -2.90. The van der Waals surface area contributed by atoms with Crippen molar-refractivity contribution in [2.75, 3.05) is 13.7 Å². The number of amides is 2. The first-order valence-electron chi connectivity index (χ1n) is 7.69. The van der Waals surface area contributed by atoms with Gasteiger partial charge in [0.25, 0.3) is 0 Å². The van der Waals surface area contributed by atoms with Gasteiger partial charge in [0.1, 0.15) is 5.82 Å². The van der Waals surface area contributed by atoms with Gasteiger partial charge in [0.05, 0.1) is 18.7 Å². The second-order valence-electron chi connectivity index (χ2n) is 5.58. The van der Waals surface area contributed by atoms with E-state index in [0.29, 0.717) is 11.3 Å². The summed E-state index contributed by atoms with van der Waals surface area (Å²) in [7, 11) is 1.22. The molecule has 134 valence electrons. The van der Waals surface area contributed by atoms with Gasteiger partial charge in [-0.25, -0.2) is 14.0 Å². The Morgan fingerprint density at radius 2 is 2.12 bits per heavy atom. The molecule has 0 radical (unpaired) electrons. The summed E-state index contributed by atoms with van der Waals surface area (Å²) in [6.45, 7) is 1.72. The molecule has 2 N–H and O–H groups in total. The quantitative estimate of drug-likeness (QED) is 0.767. The summed E-state index contributed by atoms with van der Waals surface area (Å²) in [6.07, 6.45) is 0.136. The van der Waals surface area contributed by atoms with E-state index in [1.54, 1.807) is 13.0 Å². The number of esters is 1. The number of nitrogens with zero attached hydrogens (tertiary/aromatic N) is 1. The lowest BCUT2D eigenvalue weighted by Crippen LogP contribution is -2.48. The van der Waals surface area contributed by atoms with Crippen molar-refractivity contribution in [1.82, 2.24) is 10.2 Å². The Morgan fingerprint density at radius 1 is 1.40 bits per heavy atom. The first-order chi connectivity index (χ1) is 11.8. The number of urea groups is 1. The van der Waals surface area contributed by atoms with Gasteiger partial charge in [0, 0.05) is 18.7 Å². The van der Waals surface area contributed by atoms with Crippen LogP contribution in [0.15, 0.2) is 35.5 Å². The number of benzene rings is 1. The molecule has 2 rings (SSSR count). The predicted octanol–water partition coefficient (Wildman–Crippen LogP) is 2.20. The van der Waals surface area contributed by atoms with Gasteiger partial charge in [-0.3, -0.25) is 9.69 Å². The highest BCUT2D eigenvalue weighted by atomic mass is 19.1. The average Bonchev–Trinajstić information content (AvgIpc) is 2.56. The van der Waals surface area contributed by atoms with Gasteiger partial charge in [-0.05, 0) is 31.0 Å². The summed E-state index contributed by atoms with van der Waals surface area (Å²) in [5.74, 6) is -2.10. The number of ether oxygens (including phenoxy) is 1. The lowest BCUT2D eigenvalue weighted by molar-refractivity contribution is -0.138. The van der Waals surface area contributed by atoms with Crippen LogP contribution in [0, 0.1) is 5.82 Å².